The average molecular weight is 371 g/mol. The van der Waals surface area contributed by atoms with E-state index in [1.807, 2.05) is 4.90 Å². The monoisotopic (exact) mass is 371 g/mol. The normalized spacial score (nSPS) is 23.9. The van der Waals surface area contributed by atoms with E-state index < -0.39 is 11.7 Å². The van der Waals surface area contributed by atoms with Crippen LogP contribution in [-0.4, -0.2) is 38.3 Å². The zero-order valence-corrected chi connectivity index (χ0v) is 14.5. The summed E-state index contributed by atoms with van der Waals surface area (Å²) in [4.78, 5) is 14.0. The number of anilines is 1. The molecule has 3 rings (SSSR count). The highest BCUT2D eigenvalue weighted by atomic mass is 19.4. The first-order valence-corrected chi connectivity index (χ1v) is 8.90. The number of ether oxygens (including phenoxy) is 1. The minimum Gasteiger partial charge on any atom is -0.378 e. The number of hydrogen-bond acceptors (Lipinski definition) is 4. The van der Waals surface area contributed by atoms with Gasteiger partial charge in [-0.25, -0.2) is 0 Å². The Morgan fingerprint density at radius 2 is 2.00 bits per heavy atom. The van der Waals surface area contributed by atoms with Gasteiger partial charge in [-0.1, -0.05) is 6.07 Å². The molecule has 0 bridgehead atoms. The van der Waals surface area contributed by atoms with Crippen LogP contribution in [0, 0.1) is 5.92 Å². The molecule has 8 heteroatoms. The molecule has 26 heavy (non-hydrogen) atoms. The number of morpholine rings is 1. The Morgan fingerprint density at radius 1 is 1.27 bits per heavy atom. The van der Waals surface area contributed by atoms with E-state index in [-0.39, 0.29) is 30.0 Å². The van der Waals surface area contributed by atoms with E-state index in [9.17, 15) is 18.0 Å². The van der Waals surface area contributed by atoms with Gasteiger partial charge in [0.1, 0.15) is 0 Å². The highest BCUT2D eigenvalue weighted by Gasteiger charge is 2.34. The molecule has 144 valence electrons. The molecule has 0 radical (unpaired) electrons. The average Bonchev–Trinajstić information content (AvgIpc) is 3.06. The fourth-order valence-electron chi connectivity index (χ4n) is 3.58. The minimum atomic E-state index is -4.47. The molecular weight excluding hydrogens is 347 g/mol. The van der Waals surface area contributed by atoms with Gasteiger partial charge in [0.15, 0.2) is 0 Å². The van der Waals surface area contributed by atoms with Crippen molar-refractivity contribution in [2.24, 2.45) is 11.7 Å². The van der Waals surface area contributed by atoms with Gasteiger partial charge in [0.05, 0.1) is 18.8 Å². The van der Waals surface area contributed by atoms with Crippen LogP contribution in [0.4, 0.5) is 18.9 Å². The Morgan fingerprint density at radius 3 is 2.62 bits per heavy atom. The second-order valence-corrected chi connectivity index (χ2v) is 6.93. The van der Waals surface area contributed by atoms with Crippen LogP contribution in [0.15, 0.2) is 18.2 Å². The maximum absolute atomic E-state index is 13.5. The summed E-state index contributed by atoms with van der Waals surface area (Å²) < 4.78 is 45.7. The molecule has 1 aliphatic carbocycles. The van der Waals surface area contributed by atoms with Crippen LogP contribution in [0.5, 0.6) is 0 Å². The van der Waals surface area contributed by atoms with Gasteiger partial charge in [-0.3, -0.25) is 4.79 Å². The topological polar surface area (TPSA) is 67.6 Å². The number of hydrogen-bond donors (Lipinski definition) is 2. The van der Waals surface area contributed by atoms with Gasteiger partial charge in [0, 0.05) is 37.3 Å². The summed E-state index contributed by atoms with van der Waals surface area (Å²) in [6, 6.07) is 4.30. The van der Waals surface area contributed by atoms with Crippen LogP contribution in [0.1, 0.15) is 30.4 Å². The van der Waals surface area contributed by atoms with Crippen molar-refractivity contribution in [1.29, 1.82) is 0 Å². The maximum atomic E-state index is 13.5. The first kappa shape index (κ1) is 19.0. The van der Waals surface area contributed by atoms with Crippen LogP contribution in [0.2, 0.25) is 0 Å². The molecule has 2 fully saturated rings. The van der Waals surface area contributed by atoms with E-state index in [0.717, 1.165) is 12.5 Å². The predicted octanol–water partition coefficient (Wildman–Crippen LogP) is 2.29. The van der Waals surface area contributed by atoms with E-state index in [1.54, 1.807) is 6.07 Å². The lowest BCUT2D eigenvalue weighted by molar-refractivity contribution is -0.138. The van der Waals surface area contributed by atoms with Crippen molar-refractivity contribution in [2.75, 3.05) is 31.2 Å². The summed E-state index contributed by atoms with van der Waals surface area (Å²) in [6.07, 6.45) is -2.42. The van der Waals surface area contributed by atoms with Gasteiger partial charge in [-0.15, -0.1) is 0 Å². The second kappa shape index (κ2) is 7.84. The largest absolute Gasteiger partial charge is 0.416 e. The van der Waals surface area contributed by atoms with E-state index in [4.69, 9.17) is 10.5 Å². The number of amides is 1. The Hall–Kier alpha value is -1.80. The number of alkyl halides is 3. The van der Waals surface area contributed by atoms with Gasteiger partial charge < -0.3 is 20.7 Å². The van der Waals surface area contributed by atoms with Crippen molar-refractivity contribution in [3.63, 3.8) is 0 Å². The highest BCUT2D eigenvalue weighted by Crippen LogP contribution is 2.35. The second-order valence-electron chi connectivity index (χ2n) is 6.93. The summed E-state index contributed by atoms with van der Waals surface area (Å²) in [6.45, 7) is 2.00. The Bertz CT molecular complexity index is 645. The molecule has 2 atom stereocenters. The number of carbonyl (C=O) groups is 1. The summed E-state index contributed by atoms with van der Waals surface area (Å²) in [5, 5.41) is 2.64. The molecule has 0 aromatic heterocycles. The predicted molar refractivity (Wildman–Crippen MR) is 91.6 cm³/mol. The van der Waals surface area contributed by atoms with Crippen molar-refractivity contribution in [2.45, 2.75) is 38.0 Å². The zero-order valence-electron chi connectivity index (χ0n) is 14.5. The third-order valence-corrected chi connectivity index (χ3v) is 5.07. The molecule has 3 N–H and O–H groups in total. The van der Waals surface area contributed by atoms with Crippen molar-refractivity contribution in [3.8, 4) is 0 Å². The molecule has 1 heterocycles. The quantitative estimate of drug-likeness (QED) is 0.852. The lowest BCUT2D eigenvalue weighted by Crippen LogP contribution is -2.36. The molecule has 1 saturated heterocycles. The first-order chi connectivity index (χ1) is 12.3. The van der Waals surface area contributed by atoms with Crippen LogP contribution in [0.25, 0.3) is 0 Å². The number of nitrogens with two attached hydrogens (primary N) is 1. The Labute approximate surface area is 150 Å². The van der Waals surface area contributed by atoms with Gasteiger partial charge in [0.25, 0.3) is 0 Å². The SMILES string of the molecule is N[C@@H]1CC[C@@H](C(=O)NCc2ccc(N3CCOCC3)cc2C(F)(F)F)C1. The summed E-state index contributed by atoms with van der Waals surface area (Å²) in [5.41, 5.74) is 5.69. The van der Waals surface area contributed by atoms with Crippen LogP contribution >= 0.6 is 0 Å². The maximum Gasteiger partial charge on any atom is 0.416 e. The number of halogens is 3. The summed E-state index contributed by atoms with van der Waals surface area (Å²) in [7, 11) is 0. The molecular formula is C18H24F3N3O2. The fraction of sp³-hybridized carbons (Fsp3) is 0.611. The van der Waals surface area contributed by atoms with E-state index >= 15 is 0 Å². The number of benzene rings is 1. The summed E-state index contributed by atoms with van der Waals surface area (Å²) >= 11 is 0. The Balaban J connectivity index is 1.72. The molecule has 1 saturated carbocycles. The molecule has 0 spiro atoms. The molecule has 2 aliphatic rings. The molecule has 0 unspecified atom stereocenters. The molecule has 5 nitrogen and oxygen atoms in total. The Kier molecular flexibility index (Phi) is 5.72. The third-order valence-electron chi connectivity index (χ3n) is 5.07. The van der Waals surface area contributed by atoms with Crippen LogP contribution in [-0.2, 0) is 22.3 Å². The number of nitrogens with zero attached hydrogens (tertiary/aromatic N) is 1. The molecule has 1 aromatic rings. The standard InChI is InChI=1S/C18H24F3N3O2/c19-18(20,21)16-10-15(24-5-7-26-8-6-24)4-2-13(16)11-23-17(25)12-1-3-14(22)9-12/h2,4,10,12,14H,1,3,5-9,11,22H2,(H,23,25)/t12-,14-/m1/s1. The first-order valence-electron chi connectivity index (χ1n) is 8.90. The van der Waals surface area contributed by atoms with Gasteiger partial charge >= 0.3 is 6.18 Å². The van der Waals surface area contributed by atoms with Crippen molar-refractivity contribution < 1.29 is 22.7 Å². The van der Waals surface area contributed by atoms with Gasteiger partial charge in [0.2, 0.25) is 5.91 Å². The van der Waals surface area contributed by atoms with E-state index in [0.29, 0.717) is 44.8 Å². The molecule has 1 amide bonds. The van der Waals surface area contributed by atoms with Crippen LogP contribution < -0.4 is 16.0 Å². The minimum absolute atomic E-state index is 0.00397. The van der Waals surface area contributed by atoms with E-state index in [2.05, 4.69) is 5.32 Å². The van der Waals surface area contributed by atoms with Gasteiger partial charge in [-0.05, 0) is 37.0 Å². The smallest absolute Gasteiger partial charge is 0.378 e. The van der Waals surface area contributed by atoms with Crippen LogP contribution in [0.3, 0.4) is 0 Å². The van der Waals surface area contributed by atoms with Gasteiger partial charge in [-0.2, -0.15) is 13.2 Å². The fourth-order valence-corrected chi connectivity index (χ4v) is 3.58. The summed E-state index contributed by atoms with van der Waals surface area (Å²) in [5.74, 6) is -0.421. The van der Waals surface area contributed by atoms with Crippen molar-refractivity contribution in [3.05, 3.63) is 29.3 Å². The lowest BCUT2D eigenvalue weighted by atomic mass is 10.0. The third kappa shape index (κ3) is 4.48. The number of rotatable bonds is 4. The van der Waals surface area contributed by atoms with Crippen molar-refractivity contribution >= 4 is 11.6 Å². The number of nitrogens with one attached hydrogen (secondary N) is 1. The molecule has 1 aromatic carbocycles. The number of carbonyl (C=O) groups excluding carboxylic acids is 1. The molecule has 1 aliphatic heterocycles. The zero-order chi connectivity index (χ0) is 18.7. The van der Waals surface area contributed by atoms with Crippen molar-refractivity contribution in [1.82, 2.24) is 5.32 Å². The lowest BCUT2D eigenvalue weighted by Gasteiger charge is -2.29. The van der Waals surface area contributed by atoms with E-state index in [1.165, 1.54) is 6.07 Å². The highest BCUT2D eigenvalue weighted by molar-refractivity contribution is 5.79.